The Labute approximate surface area is 107 Å². The lowest BCUT2D eigenvalue weighted by Gasteiger charge is -2.35. The van der Waals surface area contributed by atoms with Gasteiger partial charge in [0.1, 0.15) is 0 Å². The van der Waals surface area contributed by atoms with Crippen LogP contribution >= 0.6 is 0 Å². The van der Waals surface area contributed by atoms with E-state index in [1.165, 1.54) is 19.6 Å². The second-order valence-electron chi connectivity index (χ2n) is 6.17. The van der Waals surface area contributed by atoms with Crippen molar-refractivity contribution in [2.75, 3.05) is 66.5 Å². The van der Waals surface area contributed by atoms with Gasteiger partial charge in [-0.15, -0.1) is 0 Å². The highest BCUT2D eigenvalue weighted by Crippen LogP contribution is 2.15. The lowest BCUT2D eigenvalue weighted by atomic mass is 9.92. The van der Waals surface area contributed by atoms with Gasteiger partial charge >= 0.3 is 0 Å². The Morgan fingerprint density at radius 1 is 1.24 bits per heavy atom. The zero-order valence-corrected chi connectivity index (χ0v) is 12.1. The lowest BCUT2D eigenvalue weighted by molar-refractivity contribution is 0.157. The summed E-state index contributed by atoms with van der Waals surface area (Å²) in [6.45, 7) is 13.9. The molecule has 1 rings (SSSR count). The van der Waals surface area contributed by atoms with Gasteiger partial charge in [0.15, 0.2) is 0 Å². The van der Waals surface area contributed by atoms with E-state index < -0.39 is 0 Å². The minimum Gasteiger partial charge on any atom is -0.315 e. The fourth-order valence-corrected chi connectivity index (χ4v) is 2.26. The summed E-state index contributed by atoms with van der Waals surface area (Å²) < 4.78 is 0. The Morgan fingerprint density at radius 2 is 1.88 bits per heavy atom. The van der Waals surface area contributed by atoms with Crippen molar-refractivity contribution in [2.24, 2.45) is 5.41 Å². The number of nitrogens with one attached hydrogen (secondary N) is 2. The summed E-state index contributed by atoms with van der Waals surface area (Å²) in [5, 5.41) is 6.97. The molecule has 0 amide bonds. The highest BCUT2D eigenvalue weighted by atomic mass is 15.2. The van der Waals surface area contributed by atoms with Gasteiger partial charge in [-0.3, -0.25) is 0 Å². The topological polar surface area (TPSA) is 30.5 Å². The molecule has 1 fully saturated rings. The molecule has 0 aromatic rings. The third-order valence-corrected chi connectivity index (χ3v) is 3.20. The minimum atomic E-state index is 0.365. The van der Waals surface area contributed by atoms with Gasteiger partial charge in [0, 0.05) is 52.4 Å². The molecule has 0 aliphatic carbocycles. The molecular formula is C13H30N4. The normalized spacial score (nSPS) is 18.9. The molecule has 1 aliphatic heterocycles. The molecule has 4 heteroatoms. The van der Waals surface area contributed by atoms with Crippen molar-refractivity contribution in [3.8, 4) is 0 Å². The fraction of sp³-hybridized carbons (Fsp3) is 1.00. The van der Waals surface area contributed by atoms with E-state index in [1.54, 1.807) is 0 Å². The molecule has 102 valence electrons. The number of rotatable bonds is 7. The predicted molar refractivity (Wildman–Crippen MR) is 74.5 cm³/mol. The third-order valence-electron chi connectivity index (χ3n) is 3.20. The number of hydrogen-bond donors (Lipinski definition) is 2. The van der Waals surface area contributed by atoms with E-state index in [-0.39, 0.29) is 0 Å². The maximum absolute atomic E-state index is 3.56. The van der Waals surface area contributed by atoms with Gasteiger partial charge in [0.25, 0.3) is 0 Å². The van der Waals surface area contributed by atoms with E-state index in [1.807, 2.05) is 0 Å². The number of nitrogens with zero attached hydrogens (tertiary/aromatic N) is 2. The Morgan fingerprint density at radius 3 is 2.47 bits per heavy atom. The quantitative estimate of drug-likeness (QED) is 0.619. The van der Waals surface area contributed by atoms with Crippen molar-refractivity contribution in [2.45, 2.75) is 13.8 Å². The molecule has 0 spiro atoms. The van der Waals surface area contributed by atoms with Gasteiger partial charge < -0.3 is 20.4 Å². The molecule has 1 saturated heterocycles. The second kappa shape index (κ2) is 7.31. The lowest BCUT2D eigenvalue weighted by Crippen LogP contribution is -2.49. The van der Waals surface area contributed by atoms with E-state index in [9.17, 15) is 0 Å². The van der Waals surface area contributed by atoms with Gasteiger partial charge in [0.2, 0.25) is 0 Å². The third kappa shape index (κ3) is 6.99. The molecule has 0 atom stereocenters. The molecule has 0 bridgehead atoms. The van der Waals surface area contributed by atoms with Crippen LogP contribution in [-0.2, 0) is 0 Å². The van der Waals surface area contributed by atoms with Gasteiger partial charge in [-0.1, -0.05) is 13.8 Å². The van der Waals surface area contributed by atoms with Crippen molar-refractivity contribution < 1.29 is 0 Å². The summed E-state index contributed by atoms with van der Waals surface area (Å²) >= 11 is 0. The Hall–Kier alpha value is -0.160. The van der Waals surface area contributed by atoms with Gasteiger partial charge in [-0.2, -0.15) is 0 Å². The number of hydrogen-bond acceptors (Lipinski definition) is 4. The standard InChI is InChI=1S/C13H30N4/c1-13(2,11-15-5-8-16(3)4)12-17-9-6-14-7-10-17/h14-15H,5-12H2,1-4H3. The molecule has 0 aromatic heterocycles. The Bertz CT molecular complexity index is 198. The molecule has 0 radical (unpaired) electrons. The molecule has 0 aromatic carbocycles. The van der Waals surface area contributed by atoms with Crippen LogP contribution in [0.5, 0.6) is 0 Å². The maximum atomic E-state index is 3.56. The fourth-order valence-electron chi connectivity index (χ4n) is 2.26. The first-order valence-electron chi connectivity index (χ1n) is 6.78. The SMILES string of the molecule is CN(C)CCNCC(C)(C)CN1CCNCC1. The first-order valence-corrected chi connectivity index (χ1v) is 6.78. The first-order chi connectivity index (χ1) is 7.99. The van der Waals surface area contributed by atoms with Crippen molar-refractivity contribution in [3.63, 3.8) is 0 Å². The zero-order chi connectivity index (χ0) is 12.7. The highest BCUT2D eigenvalue weighted by molar-refractivity contribution is 4.79. The van der Waals surface area contributed by atoms with Gasteiger partial charge in [-0.05, 0) is 19.5 Å². The smallest absolute Gasteiger partial charge is 0.0108 e. The van der Waals surface area contributed by atoms with Crippen LogP contribution in [0.4, 0.5) is 0 Å². The van der Waals surface area contributed by atoms with Crippen LogP contribution in [0.3, 0.4) is 0 Å². The van der Waals surface area contributed by atoms with E-state index in [2.05, 4.69) is 48.4 Å². The first kappa shape index (κ1) is 14.9. The largest absolute Gasteiger partial charge is 0.315 e. The molecule has 4 nitrogen and oxygen atoms in total. The van der Waals surface area contributed by atoms with E-state index in [0.29, 0.717) is 5.41 Å². The summed E-state index contributed by atoms with van der Waals surface area (Å²) in [6, 6.07) is 0. The Balaban J connectivity index is 2.15. The van der Waals surface area contributed by atoms with Crippen molar-refractivity contribution in [1.82, 2.24) is 20.4 Å². The summed E-state index contributed by atoms with van der Waals surface area (Å²) in [7, 11) is 4.24. The van der Waals surface area contributed by atoms with E-state index >= 15 is 0 Å². The summed E-state index contributed by atoms with van der Waals surface area (Å²) in [5.74, 6) is 0. The highest BCUT2D eigenvalue weighted by Gasteiger charge is 2.22. The second-order valence-corrected chi connectivity index (χ2v) is 6.17. The van der Waals surface area contributed by atoms with Gasteiger partial charge in [0.05, 0.1) is 0 Å². The summed E-state index contributed by atoms with van der Waals surface area (Å²) in [5.41, 5.74) is 0.365. The van der Waals surface area contributed by atoms with Crippen LogP contribution in [0.15, 0.2) is 0 Å². The monoisotopic (exact) mass is 242 g/mol. The molecule has 1 heterocycles. The molecule has 0 unspecified atom stereocenters. The molecular weight excluding hydrogens is 212 g/mol. The van der Waals surface area contributed by atoms with Crippen LogP contribution in [-0.4, -0.2) is 76.3 Å². The predicted octanol–water partition coefficient (Wildman–Crippen LogP) is 0.0690. The van der Waals surface area contributed by atoms with E-state index in [0.717, 1.165) is 32.7 Å². The molecule has 1 aliphatic rings. The van der Waals surface area contributed by atoms with Crippen LogP contribution in [0.1, 0.15) is 13.8 Å². The van der Waals surface area contributed by atoms with Crippen LogP contribution in [0, 0.1) is 5.41 Å². The molecule has 0 saturated carbocycles. The maximum Gasteiger partial charge on any atom is 0.0108 e. The molecule has 2 N–H and O–H groups in total. The average molecular weight is 242 g/mol. The van der Waals surface area contributed by atoms with Crippen LogP contribution in [0.25, 0.3) is 0 Å². The summed E-state index contributed by atoms with van der Waals surface area (Å²) in [6.07, 6.45) is 0. The zero-order valence-electron chi connectivity index (χ0n) is 12.1. The van der Waals surface area contributed by atoms with E-state index in [4.69, 9.17) is 0 Å². The van der Waals surface area contributed by atoms with Crippen molar-refractivity contribution in [3.05, 3.63) is 0 Å². The van der Waals surface area contributed by atoms with Gasteiger partial charge in [-0.25, -0.2) is 0 Å². The van der Waals surface area contributed by atoms with Crippen molar-refractivity contribution in [1.29, 1.82) is 0 Å². The summed E-state index contributed by atoms with van der Waals surface area (Å²) in [4.78, 5) is 4.79. The van der Waals surface area contributed by atoms with Crippen LogP contribution in [0.2, 0.25) is 0 Å². The Kier molecular flexibility index (Phi) is 6.41. The minimum absolute atomic E-state index is 0.365. The number of piperazine rings is 1. The van der Waals surface area contributed by atoms with Crippen molar-refractivity contribution >= 4 is 0 Å². The average Bonchev–Trinajstić information content (AvgIpc) is 2.25. The molecule has 17 heavy (non-hydrogen) atoms. The number of likely N-dealkylation sites (N-methyl/N-ethyl adjacent to an activating group) is 1. The van der Waals surface area contributed by atoms with Crippen LogP contribution < -0.4 is 10.6 Å².